The Morgan fingerprint density at radius 3 is 2.74 bits per heavy atom. The molecule has 0 saturated heterocycles. The summed E-state index contributed by atoms with van der Waals surface area (Å²) in [5.41, 5.74) is 0.319. The molecule has 19 heavy (non-hydrogen) atoms. The first-order chi connectivity index (χ1) is 9.15. The number of methoxy groups -OCH3 is 2. The van der Waals surface area contributed by atoms with Crippen molar-refractivity contribution in [1.82, 2.24) is 14.5 Å². The van der Waals surface area contributed by atoms with Gasteiger partial charge < -0.3 is 9.47 Å². The molecule has 0 aliphatic rings. The maximum atomic E-state index is 11.7. The van der Waals surface area contributed by atoms with Crippen LogP contribution in [-0.2, 0) is 6.54 Å². The Balaban J connectivity index is 2.40. The van der Waals surface area contributed by atoms with Gasteiger partial charge in [0.2, 0.25) is 0 Å². The van der Waals surface area contributed by atoms with Crippen LogP contribution in [0.15, 0.2) is 29.5 Å². The van der Waals surface area contributed by atoms with Crippen LogP contribution in [0.1, 0.15) is 5.69 Å². The van der Waals surface area contributed by atoms with Crippen molar-refractivity contribution in [2.45, 2.75) is 6.54 Å². The molecular formula is C12H12ClN3O3. The predicted molar refractivity (Wildman–Crippen MR) is 70.0 cm³/mol. The molecule has 2 aromatic heterocycles. The monoisotopic (exact) mass is 281 g/mol. The standard InChI is InChI=1S/C12H12ClN3O3/c1-18-9-3-4-14-8(12(9)19-2)6-16-7-15-10(13)5-11(16)17/h3-5,7H,6H2,1-2H3. The quantitative estimate of drug-likeness (QED) is 0.792. The number of hydrogen-bond donors (Lipinski definition) is 0. The van der Waals surface area contributed by atoms with Crippen molar-refractivity contribution in [2.24, 2.45) is 0 Å². The van der Waals surface area contributed by atoms with Gasteiger partial charge in [-0.2, -0.15) is 0 Å². The smallest absolute Gasteiger partial charge is 0.255 e. The second-order valence-corrected chi connectivity index (χ2v) is 4.06. The maximum absolute atomic E-state index is 11.7. The van der Waals surface area contributed by atoms with Gasteiger partial charge in [-0.1, -0.05) is 11.6 Å². The van der Waals surface area contributed by atoms with Crippen LogP contribution in [0.25, 0.3) is 0 Å². The van der Waals surface area contributed by atoms with E-state index >= 15 is 0 Å². The Morgan fingerprint density at radius 2 is 2.11 bits per heavy atom. The number of hydrogen-bond acceptors (Lipinski definition) is 5. The van der Waals surface area contributed by atoms with Crippen LogP contribution in [0.3, 0.4) is 0 Å². The van der Waals surface area contributed by atoms with E-state index in [-0.39, 0.29) is 17.3 Å². The normalized spacial score (nSPS) is 10.3. The highest BCUT2D eigenvalue weighted by atomic mass is 35.5. The molecule has 0 aliphatic carbocycles. The Bertz CT molecular complexity index is 642. The number of rotatable bonds is 4. The van der Waals surface area contributed by atoms with Gasteiger partial charge in [-0.3, -0.25) is 14.3 Å². The van der Waals surface area contributed by atoms with E-state index < -0.39 is 0 Å². The number of nitrogens with zero attached hydrogens (tertiary/aromatic N) is 3. The van der Waals surface area contributed by atoms with Crippen molar-refractivity contribution in [2.75, 3.05) is 14.2 Å². The molecule has 0 unspecified atom stereocenters. The van der Waals surface area contributed by atoms with Crippen molar-refractivity contribution >= 4 is 11.6 Å². The fourth-order valence-corrected chi connectivity index (χ4v) is 1.78. The fourth-order valence-electron chi connectivity index (χ4n) is 1.65. The molecular weight excluding hydrogens is 270 g/mol. The van der Waals surface area contributed by atoms with E-state index in [1.807, 2.05) is 0 Å². The Kier molecular flexibility index (Phi) is 4.01. The predicted octanol–water partition coefficient (Wildman–Crippen LogP) is 1.36. The molecule has 0 atom stereocenters. The SMILES string of the molecule is COc1ccnc(Cn2cnc(Cl)cc2=O)c1OC. The molecule has 0 aliphatic heterocycles. The zero-order chi connectivity index (χ0) is 13.8. The highest BCUT2D eigenvalue weighted by Gasteiger charge is 2.12. The van der Waals surface area contributed by atoms with Gasteiger partial charge >= 0.3 is 0 Å². The van der Waals surface area contributed by atoms with Crippen LogP contribution in [0.4, 0.5) is 0 Å². The Hall–Kier alpha value is -2.08. The average Bonchev–Trinajstić information content (AvgIpc) is 2.41. The largest absolute Gasteiger partial charge is 0.493 e. The van der Waals surface area contributed by atoms with E-state index in [0.717, 1.165) is 0 Å². The van der Waals surface area contributed by atoms with Crippen LogP contribution in [0.5, 0.6) is 11.5 Å². The van der Waals surface area contributed by atoms with Crippen molar-refractivity contribution in [3.63, 3.8) is 0 Å². The third-order valence-corrected chi connectivity index (χ3v) is 2.74. The van der Waals surface area contributed by atoms with Gasteiger partial charge in [-0.05, 0) is 0 Å². The first-order valence-electron chi connectivity index (χ1n) is 5.43. The lowest BCUT2D eigenvalue weighted by atomic mass is 10.3. The zero-order valence-corrected chi connectivity index (χ0v) is 11.2. The fraction of sp³-hybridized carbons (Fsp3) is 0.250. The molecule has 0 saturated carbocycles. The second kappa shape index (κ2) is 5.71. The summed E-state index contributed by atoms with van der Waals surface area (Å²) in [5.74, 6) is 1.05. The molecule has 2 heterocycles. The number of ether oxygens (including phenoxy) is 2. The molecule has 6 nitrogen and oxygen atoms in total. The molecule has 0 spiro atoms. The molecule has 2 rings (SSSR count). The molecule has 0 amide bonds. The molecule has 0 N–H and O–H groups in total. The average molecular weight is 282 g/mol. The van der Waals surface area contributed by atoms with Gasteiger partial charge in [-0.25, -0.2) is 4.98 Å². The zero-order valence-electron chi connectivity index (χ0n) is 10.5. The summed E-state index contributed by atoms with van der Waals surface area (Å²) in [4.78, 5) is 19.8. The van der Waals surface area contributed by atoms with Crippen LogP contribution in [-0.4, -0.2) is 28.8 Å². The third kappa shape index (κ3) is 2.85. The van der Waals surface area contributed by atoms with Gasteiger partial charge in [0.25, 0.3) is 5.56 Å². The van der Waals surface area contributed by atoms with E-state index in [1.54, 1.807) is 12.3 Å². The Morgan fingerprint density at radius 1 is 1.32 bits per heavy atom. The van der Waals surface area contributed by atoms with E-state index in [0.29, 0.717) is 17.2 Å². The number of halogens is 1. The van der Waals surface area contributed by atoms with E-state index in [1.165, 1.54) is 31.2 Å². The molecule has 0 fully saturated rings. The summed E-state index contributed by atoms with van der Waals surface area (Å²) < 4.78 is 11.8. The summed E-state index contributed by atoms with van der Waals surface area (Å²) >= 11 is 5.64. The molecule has 7 heteroatoms. The summed E-state index contributed by atoms with van der Waals surface area (Å²) in [7, 11) is 3.06. The topological polar surface area (TPSA) is 66.2 Å². The van der Waals surface area contributed by atoms with Crippen molar-refractivity contribution in [1.29, 1.82) is 0 Å². The van der Waals surface area contributed by atoms with Gasteiger partial charge in [-0.15, -0.1) is 0 Å². The lowest BCUT2D eigenvalue weighted by molar-refractivity contribution is 0.348. The molecule has 0 radical (unpaired) electrons. The lowest BCUT2D eigenvalue weighted by Crippen LogP contribution is -2.20. The highest BCUT2D eigenvalue weighted by molar-refractivity contribution is 6.29. The van der Waals surface area contributed by atoms with Crippen LogP contribution in [0.2, 0.25) is 5.15 Å². The summed E-state index contributed by atoms with van der Waals surface area (Å²) in [6.07, 6.45) is 2.95. The number of pyridine rings is 1. The highest BCUT2D eigenvalue weighted by Crippen LogP contribution is 2.29. The second-order valence-electron chi connectivity index (χ2n) is 3.67. The van der Waals surface area contributed by atoms with Crippen molar-refractivity contribution in [3.8, 4) is 11.5 Å². The van der Waals surface area contributed by atoms with Crippen LogP contribution >= 0.6 is 11.6 Å². The minimum atomic E-state index is -0.258. The molecule has 0 aromatic carbocycles. The first kappa shape index (κ1) is 13.4. The van der Waals surface area contributed by atoms with Crippen LogP contribution < -0.4 is 15.0 Å². The minimum absolute atomic E-state index is 0.159. The van der Waals surface area contributed by atoms with Gasteiger partial charge in [0, 0.05) is 18.3 Å². The molecule has 0 bridgehead atoms. The van der Waals surface area contributed by atoms with Gasteiger partial charge in [0.05, 0.1) is 27.1 Å². The summed E-state index contributed by atoms with van der Waals surface area (Å²) in [6.45, 7) is 0.226. The summed E-state index contributed by atoms with van der Waals surface area (Å²) in [5, 5.41) is 0.159. The van der Waals surface area contributed by atoms with E-state index in [2.05, 4.69) is 9.97 Å². The Labute approximate surface area is 114 Å². The maximum Gasteiger partial charge on any atom is 0.255 e. The third-order valence-electron chi connectivity index (χ3n) is 2.53. The van der Waals surface area contributed by atoms with Gasteiger partial charge in [0.15, 0.2) is 11.5 Å². The number of aromatic nitrogens is 3. The van der Waals surface area contributed by atoms with Gasteiger partial charge in [0.1, 0.15) is 10.8 Å². The van der Waals surface area contributed by atoms with Crippen molar-refractivity contribution in [3.05, 3.63) is 45.9 Å². The first-order valence-corrected chi connectivity index (χ1v) is 5.81. The molecule has 2 aromatic rings. The lowest BCUT2D eigenvalue weighted by Gasteiger charge is -2.12. The minimum Gasteiger partial charge on any atom is -0.493 e. The van der Waals surface area contributed by atoms with E-state index in [9.17, 15) is 4.79 Å². The van der Waals surface area contributed by atoms with Crippen LogP contribution in [0, 0.1) is 0 Å². The molecule has 100 valence electrons. The van der Waals surface area contributed by atoms with Crippen molar-refractivity contribution < 1.29 is 9.47 Å². The summed E-state index contributed by atoms with van der Waals surface area (Å²) in [6, 6.07) is 2.93. The van der Waals surface area contributed by atoms with E-state index in [4.69, 9.17) is 21.1 Å².